The van der Waals surface area contributed by atoms with E-state index in [9.17, 15) is 9.59 Å². The third-order valence-electron chi connectivity index (χ3n) is 4.51. The number of benzene rings is 1. The highest BCUT2D eigenvalue weighted by molar-refractivity contribution is 5.95. The molecule has 1 aliphatic rings. The fourth-order valence-electron chi connectivity index (χ4n) is 3.12. The molecular formula is C18H21N3O5. The van der Waals surface area contributed by atoms with Crippen molar-refractivity contribution in [1.82, 2.24) is 14.7 Å². The number of ether oxygens (including phenoxy) is 3. The monoisotopic (exact) mass is 359 g/mol. The van der Waals surface area contributed by atoms with Crippen LogP contribution in [0.2, 0.25) is 0 Å². The van der Waals surface area contributed by atoms with Crippen molar-refractivity contribution in [2.45, 2.75) is 13.0 Å². The number of esters is 1. The summed E-state index contributed by atoms with van der Waals surface area (Å²) in [7, 11) is 6.17. The first kappa shape index (κ1) is 17.8. The molecule has 1 aromatic carbocycles. The third kappa shape index (κ3) is 3.10. The number of methoxy groups -OCH3 is 3. The van der Waals surface area contributed by atoms with E-state index in [4.69, 9.17) is 14.2 Å². The standard InChI is InChI=1S/C18H21N3O5/c1-20-15-10-21(6-5-14(15)16(19-20)18(23)26-4)17(22)11-7-12(24-2)9-13(8-11)25-3/h7-9H,5-6,10H2,1-4H3. The molecule has 1 aliphatic heterocycles. The summed E-state index contributed by atoms with van der Waals surface area (Å²) in [4.78, 5) is 26.5. The maximum Gasteiger partial charge on any atom is 0.358 e. The number of rotatable bonds is 4. The van der Waals surface area contributed by atoms with Crippen molar-refractivity contribution in [3.05, 3.63) is 40.7 Å². The molecule has 0 atom stereocenters. The lowest BCUT2D eigenvalue weighted by Crippen LogP contribution is -2.36. The molecule has 2 aromatic rings. The van der Waals surface area contributed by atoms with E-state index in [1.54, 1.807) is 49.0 Å². The van der Waals surface area contributed by atoms with Crippen LogP contribution < -0.4 is 9.47 Å². The molecule has 138 valence electrons. The lowest BCUT2D eigenvalue weighted by atomic mass is 10.0. The van der Waals surface area contributed by atoms with E-state index < -0.39 is 5.97 Å². The number of carbonyl (C=O) groups excluding carboxylic acids is 2. The molecule has 0 N–H and O–H groups in total. The SMILES string of the molecule is COC(=O)c1nn(C)c2c1CCN(C(=O)c1cc(OC)cc(OC)c1)C2. The summed E-state index contributed by atoms with van der Waals surface area (Å²) in [6, 6.07) is 5.09. The van der Waals surface area contributed by atoms with Gasteiger partial charge in [-0.3, -0.25) is 9.48 Å². The Morgan fingerprint density at radius 3 is 2.31 bits per heavy atom. The first-order chi connectivity index (χ1) is 12.5. The zero-order valence-electron chi connectivity index (χ0n) is 15.2. The minimum atomic E-state index is -0.459. The van der Waals surface area contributed by atoms with Crippen LogP contribution in [0, 0.1) is 0 Å². The van der Waals surface area contributed by atoms with Crippen molar-refractivity contribution in [3.63, 3.8) is 0 Å². The number of hydrogen-bond donors (Lipinski definition) is 0. The normalized spacial score (nSPS) is 13.2. The average Bonchev–Trinajstić information content (AvgIpc) is 3.02. The third-order valence-corrected chi connectivity index (χ3v) is 4.51. The molecule has 1 aromatic heterocycles. The fourth-order valence-corrected chi connectivity index (χ4v) is 3.12. The van der Waals surface area contributed by atoms with E-state index >= 15 is 0 Å². The van der Waals surface area contributed by atoms with Gasteiger partial charge in [-0.2, -0.15) is 5.10 Å². The second-order valence-corrected chi connectivity index (χ2v) is 5.97. The van der Waals surface area contributed by atoms with Crippen LogP contribution >= 0.6 is 0 Å². The summed E-state index contributed by atoms with van der Waals surface area (Å²) in [5, 5.41) is 4.25. The molecule has 0 aliphatic carbocycles. The topological polar surface area (TPSA) is 82.9 Å². The molecule has 8 heteroatoms. The van der Waals surface area contributed by atoms with Crippen LogP contribution in [0.15, 0.2) is 18.2 Å². The number of amides is 1. The predicted molar refractivity (Wildman–Crippen MR) is 92.5 cm³/mol. The fraction of sp³-hybridized carbons (Fsp3) is 0.389. The van der Waals surface area contributed by atoms with Crippen molar-refractivity contribution in [2.24, 2.45) is 7.05 Å². The number of hydrogen-bond acceptors (Lipinski definition) is 6. The number of carbonyl (C=O) groups is 2. The quantitative estimate of drug-likeness (QED) is 0.768. The smallest absolute Gasteiger partial charge is 0.358 e. The highest BCUT2D eigenvalue weighted by Crippen LogP contribution is 2.27. The maximum atomic E-state index is 12.9. The van der Waals surface area contributed by atoms with Gasteiger partial charge in [0.15, 0.2) is 5.69 Å². The van der Waals surface area contributed by atoms with E-state index in [2.05, 4.69) is 5.10 Å². The first-order valence-corrected chi connectivity index (χ1v) is 8.14. The van der Waals surface area contributed by atoms with Crippen LogP contribution in [0.4, 0.5) is 0 Å². The second-order valence-electron chi connectivity index (χ2n) is 5.97. The zero-order valence-corrected chi connectivity index (χ0v) is 15.2. The summed E-state index contributed by atoms with van der Waals surface area (Å²) in [6.45, 7) is 0.856. The Morgan fingerprint density at radius 1 is 1.08 bits per heavy atom. The van der Waals surface area contributed by atoms with Gasteiger partial charge in [-0.05, 0) is 18.6 Å². The van der Waals surface area contributed by atoms with Crippen molar-refractivity contribution in [1.29, 1.82) is 0 Å². The van der Waals surface area contributed by atoms with Gasteiger partial charge >= 0.3 is 5.97 Å². The summed E-state index contributed by atoms with van der Waals surface area (Å²) in [5.41, 5.74) is 2.48. The maximum absolute atomic E-state index is 12.9. The Morgan fingerprint density at radius 2 is 1.73 bits per heavy atom. The van der Waals surface area contributed by atoms with Gasteiger partial charge < -0.3 is 19.1 Å². The van der Waals surface area contributed by atoms with E-state index in [0.717, 1.165) is 11.3 Å². The van der Waals surface area contributed by atoms with Gasteiger partial charge in [0.1, 0.15) is 11.5 Å². The molecule has 0 saturated heterocycles. The number of fused-ring (bicyclic) bond motifs is 1. The van der Waals surface area contributed by atoms with Crippen molar-refractivity contribution in [2.75, 3.05) is 27.9 Å². The van der Waals surface area contributed by atoms with E-state index in [1.807, 2.05) is 0 Å². The van der Waals surface area contributed by atoms with E-state index in [-0.39, 0.29) is 5.91 Å². The van der Waals surface area contributed by atoms with Crippen LogP contribution in [0.5, 0.6) is 11.5 Å². The predicted octanol–water partition coefficient (Wildman–Crippen LogP) is 1.42. The van der Waals surface area contributed by atoms with Crippen molar-refractivity contribution in [3.8, 4) is 11.5 Å². The number of nitrogens with zero attached hydrogens (tertiary/aromatic N) is 3. The van der Waals surface area contributed by atoms with Crippen LogP contribution in [0.3, 0.4) is 0 Å². The van der Waals surface area contributed by atoms with E-state index in [1.165, 1.54) is 7.11 Å². The van der Waals surface area contributed by atoms with Gasteiger partial charge in [-0.15, -0.1) is 0 Å². The van der Waals surface area contributed by atoms with Gasteiger partial charge in [-0.25, -0.2) is 4.79 Å². The van der Waals surface area contributed by atoms with Crippen LogP contribution in [-0.4, -0.2) is 54.4 Å². The minimum absolute atomic E-state index is 0.131. The average molecular weight is 359 g/mol. The minimum Gasteiger partial charge on any atom is -0.497 e. The Labute approximate surface area is 151 Å². The second kappa shape index (κ2) is 7.07. The van der Waals surface area contributed by atoms with Crippen LogP contribution in [-0.2, 0) is 24.8 Å². The molecular weight excluding hydrogens is 338 g/mol. The first-order valence-electron chi connectivity index (χ1n) is 8.14. The Hall–Kier alpha value is -3.03. The zero-order chi connectivity index (χ0) is 18.8. The van der Waals surface area contributed by atoms with E-state index in [0.29, 0.717) is 42.3 Å². The summed E-state index contributed by atoms with van der Waals surface area (Å²) < 4.78 is 16.9. The lowest BCUT2D eigenvalue weighted by Gasteiger charge is -2.28. The van der Waals surface area contributed by atoms with Crippen molar-refractivity contribution >= 4 is 11.9 Å². The molecule has 26 heavy (non-hydrogen) atoms. The summed E-state index contributed by atoms with van der Waals surface area (Å²) in [6.07, 6.45) is 0.542. The largest absolute Gasteiger partial charge is 0.497 e. The Kier molecular flexibility index (Phi) is 4.83. The van der Waals surface area contributed by atoms with Crippen LogP contribution in [0.1, 0.15) is 32.1 Å². The summed E-state index contributed by atoms with van der Waals surface area (Å²) in [5.74, 6) is 0.519. The molecule has 3 rings (SSSR count). The van der Waals surface area contributed by atoms with Gasteiger partial charge in [0.2, 0.25) is 0 Å². The number of aromatic nitrogens is 2. The molecule has 1 amide bonds. The molecule has 0 radical (unpaired) electrons. The molecule has 0 saturated carbocycles. The highest BCUT2D eigenvalue weighted by atomic mass is 16.5. The summed E-state index contributed by atoms with van der Waals surface area (Å²) >= 11 is 0. The molecule has 2 heterocycles. The number of aryl methyl sites for hydroxylation is 1. The van der Waals surface area contributed by atoms with Gasteiger partial charge in [0.05, 0.1) is 33.6 Å². The highest BCUT2D eigenvalue weighted by Gasteiger charge is 2.30. The molecule has 0 unspecified atom stereocenters. The van der Waals surface area contributed by atoms with Crippen LogP contribution in [0.25, 0.3) is 0 Å². The van der Waals surface area contributed by atoms with Crippen molar-refractivity contribution < 1.29 is 23.8 Å². The Bertz CT molecular complexity index is 837. The Balaban J connectivity index is 1.88. The van der Waals surface area contributed by atoms with Gasteiger partial charge in [0.25, 0.3) is 5.91 Å². The molecule has 0 fully saturated rings. The lowest BCUT2D eigenvalue weighted by molar-refractivity contribution is 0.0591. The molecule has 0 bridgehead atoms. The molecule has 0 spiro atoms. The van der Waals surface area contributed by atoms with Gasteiger partial charge in [-0.1, -0.05) is 0 Å². The molecule has 8 nitrogen and oxygen atoms in total. The van der Waals surface area contributed by atoms with Gasteiger partial charge in [0, 0.05) is 30.8 Å².